The van der Waals surface area contributed by atoms with Gasteiger partial charge in [-0.25, -0.2) is 14.5 Å². The average molecular weight is 522 g/mol. The number of phosphoric acid groups is 1. The van der Waals surface area contributed by atoms with E-state index in [1.54, 1.807) is 19.1 Å². The topological polar surface area (TPSA) is 153 Å². The van der Waals surface area contributed by atoms with Crippen LogP contribution in [0.15, 0.2) is 36.4 Å². The molecule has 1 amide bonds. The molecule has 0 fully saturated rings. The highest BCUT2D eigenvalue weighted by Gasteiger charge is 2.20. The zero-order valence-electron chi connectivity index (χ0n) is 20.6. The van der Waals surface area contributed by atoms with Crippen LogP contribution in [0.25, 0.3) is 21.9 Å². The first-order valence-electron chi connectivity index (χ1n) is 11.8. The largest absolute Gasteiger partial charge is 0.524 e. The van der Waals surface area contributed by atoms with Crippen molar-refractivity contribution in [3.63, 3.8) is 0 Å². The van der Waals surface area contributed by atoms with Crippen molar-refractivity contribution in [3.8, 4) is 18.1 Å². The van der Waals surface area contributed by atoms with Crippen molar-refractivity contribution >= 4 is 41.5 Å². The van der Waals surface area contributed by atoms with Gasteiger partial charge in [-0.05, 0) is 54.2 Å². The zero-order chi connectivity index (χ0) is 26.7. The molecule has 2 heterocycles. The lowest BCUT2D eigenvalue weighted by molar-refractivity contribution is -0.115. The molecule has 0 bridgehead atoms. The van der Waals surface area contributed by atoms with Crippen molar-refractivity contribution in [1.29, 1.82) is 0 Å². The third-order valence-electron chi connectivity index (χ3n) is 5.98. The first-order chi connectivity index (χ1) is 17.6. The highest BCUT2D eigenvalue weighted by molar-refractivity contribution is 7.46. The van der Waals surface area contributed by atoms with E-state index in [1.165, 1.54) is 0 Å². The van der Waals surface area contributed by atoms with Crippen molar-refractivity contribution in [2.24, 2.45) is 0 Å². The van der Waals surface area contributed by atoms with Gasteiger partial charge in [-0.1, -0.05) is 31.5 Å². The molecule has 37 heavy (non-hydrogen) atoms. The molecule has 0 saturated heterocycles. The molecule has 192 valence electrons. The van der Waals surface area contributed by atoms with Gasteiger partial charge in [0.2, 0.25) is 0 Å². The lowest BCUT2D eigenvalue weighted by Crippen LogP contribution is -2.20. The number of hydrogen-bond acceptors (Lipinski definition) is 6. The van der Waals surface area contributed by atoms with Gasteiger partial charge in [-0.3, -0.25) is 14.6 Å². The van der Waals surface area contributed by atoms with Crippen molar-refractivity contribution in [2.75, 3.05) is 5.73 Å². The lowest BCUT2D eigenvalue weighted by Gasteiger charge is -2.14. The summed E-state index contributed by atoms with van der Waals surface area (Å²) in [5.41, 5.74) is 10.8. The molecule has 0 atom stereocenters. The third kappa shape index (κ3) is 5.92. The van der Waals surface area contributed by atoms with E-state index in [0.29, 0.717) is 29.0 Å². The van der Waals surface area contributed by atoms with Crippen LogP contribution in [0.2, 0.25) is 0 Å². The lowest BCUT2D eigenvalue weighted by atomic mass is 10.1. The molecule has 4 aromatic rings. The second kappa shape index (κ2) is 10.6. The molecule has 10 nitrogen and oxygen atoms in total. The summed E-state index contributed by atoms with van der Waals surface area (Å²) < 4.78 is 18.2. The number of terminal acetylenes is 1. The summed E-state index contributed by atoms with van der Waals surface area (Å²) in [6.45, 7) is 4.55. The Hall–Kier alpha value is -3.90. The molecule has 0 aliphatic carbocycles. The number of carbonyl (C=O) groups excluding carboxylic acids is 1. The molecule has 2 aromatic carbocycles. The van der Waals surface area contributed by atoms with Crippen LogP contribution in [0.3, 0.4) is 0 Å². The number of anilines is 1. The standard InChI is InChI=1S/C26H28N5O5P/c1-4-6-7-22-30-24-25(31(22)15-18-9-11-21(16(3)12-18)36-37(33,34)35)19-13-17(14-28-23(32)5-2)8-10-20(19)29-26(24)27/h2,8-13H,4,6-7,14-15H2,1,3H3,(H2,27,29)(H,28,32)(H2,33,34,35). The molecule has 0 aliphatic rings. The molecular formula is C26H28N5O5P. The van der Waals surface area contributed by atoms with Crippen molar-refractivity contribution in [3.05, 3.63) is 58.9 Å². The molecular weight excluding hydrogens is 493 g/mol. The predicted molar refractivity (Wildman–Crippen MR) is 142 cm³/mol. The fourth-order valence-corrected chi connectivity index (χ4v) is 4.73. The van der Waals surface area contributed by atoms with E-state index in [1.807, 2.05) is 30.2 Å². The Morgan fingerprint density at radius 1 is 1.22 bits per heavy atom. The Morgan fingerprint density at radius 2 is 1.97 bits per heavy atom. The molecule has 2 aromatic heterocycles. The molecule has 0 unspecified atom stereocenters. The predicted octanol–water partition coefficient (Wildman–Crippen LogP) is 3.59. The highest BCUT2D eigenvalue weighted by atomic mass is 31.2. The number of rotatable bonds is 9. The van der Waals surface area contributed by atoms with E-state index in [9.17, 15) is 9.36 Å². The van der Waals surface area contributed by atoms with Gasteiger partial charge in [0, 0.05) is 24.9 Å². The van der Waals surface area contributed by atoms with Crippen LogP contribution in [0.5, 0.6) is 5.75 Å². The maximum absolute atomic E-state index is 11.6. The number of nitrogens with zero attached hydrogens (tertiary/aromatic N) is 3. The van der Waals surface area contributed by atoms with Crippen LogP contribution in [0, 0.1) is 19.3 Å². The second-order valence-corrected chi connectivity index (χ2v) is 9.94. The highest BCUT2D eigenvalue weighted by Crippen LogP contribution is 2.39. The quantitative estimate of drug-likeness (QED) is 0.193. The van der Waals surface area contributed by atoms with Gasteiger partial charge in [0.25, 0.3) is 5.91 Å². The number of aromatic nitrogens is 3. The summed E-state index contributed by atoms with van der Waals surface area (Å²) >= 11 is 0. The van der Waals surface area contributed by atoms with Gasteiger partial charge < -0.3 is 20.1 Å². The number of nitrogen functional groups attached to an aromatic ring is 1. The number of aryl methyl sites for hydroxylation is 2. The van der Waals surface area contributed by atoms with Crippen molar-refractivity contribution in [2.45, 2.75) is 46.2 Å². The van der Waals surface area contributed by atoms with E-state index < -0.39 is 13.7 Å². The van der Waals surface area contributed by atoms with Gasteiger partial charge in [0.15, 0.2) is 5.82 Å². The number of unbranched alkanes of at least 4 members (excludes halogenated alkanes) is 1. The maximum Gasteiger partial charge on any atom is 0.524 e. The molecule has 0 aliphatic heterocycles. The number of nitrogens with one attached hydrogen (secondary N) is 1. The number of amides is 1. The number of benzene rings is 2. The monoisotopic (exact) mass is 521 g/mol. The number of imidazole rings is 1. The molecule has 11 heteroatoms. The zero-order valence-corrected chi connectivity index (χ0v) is 21.5. The molecule has 4 rings (SSSR count). The first-order valence-corrected chi connectivity index (χ1v) is 13.3. The molecule has 0 spiro atoms. The Balaban J connectivity index is 1.84. The smallest absolute Gasteiger partial charge is 0.404 e. The fraction of sp³-hybridized carbons (Fsp3) is 0.269. The summed E-state index contributed by atoms with van der Waals surface area (Å²) in [4.78, 5) is 39.3. The summed E-state index contributed by atoms with van der Waals surface area (Å²) in [6, 6.07) is 10.8. The molecule has 0 saturated carbocycles. The third-order valence-corrected chi connectivity index (χ3v) is 6.42. The minimum atomic E-state index is -4.66. The van der Waals surface area contributed by atoms with Gasteiger partial charge >= 0.3 is 7.82 Å². The van der Waals surface area contributed by atoms with Gasteiger partial charge in [0.05, 0.1) is 11.0 Å². The number of carbonyl (C=O) groups is 1. The Bertz CT molecular complexity index is 1580. The van der Waals surface area contributed by atoms with E-state index in [0.717, 1.165) is 47.1 Å². The van der Waals surface area contributed by atoms with E-state index in [4.69, 9.17) is 31.5 Å². The Kier molecular flexibility index (Phi) is 7.50. The van der Waals surface area contributed by atoms with Crippen LogP contribution in [-0.4, -0.2) is 30.2 Å². The SMILES string of the molecule is C#CC(=O)NCc1ccc2nc(N)c3nc(CCCC)n(Cc4ccc(OP(=O)(O)O)c(C)c4)c3c2c1. The minimum absolute atomic E-state index is 0.122. The molecule has 0 radical (unpaired) electrons. The number of fused-ring (bicyclic) bond motifs is 3. The minimum Gasteiger partial charge on any atom is -0.404 e. The van der Waals surface area contributed by atoms with Crippen molar-refractivity contribution < 1.29 is 23.7 Å². The molecule has 5 N–H and O–H groups in total. The van der Waals surface area contributed by atoms with Crippen LogP contribution < -0.4 is 15.6 Å². The number of hydrogen-bond donors (Lipinski definition) is 4. The summed E-state index contributed by atoms with van der Waals surface area (Å²) in [5, 5.41) is 3.52. The second-order valence-electron chi connectivity index (χ2n) is 8.77. The normalized spacial score (nSPS) is 11.5. The van der Waals surface area contributed by atoms with Crippen molar-refractivity contribution in [1.82, 2.24) is 19.9 Å². The average Bonchev–Trinajstić information content (AvgIpc) is 3.21. The Morgan fingerprint density at radius 3 is 2.65 bits per heavy atom. The number of nitrogens with two attached hydrogens (primary N) is 1. The van der Waals surface area contributed by atoms with Crippen LogP contribution in [-0.2, 0) is 28.9 Å². The van der Waals surface area contributed by atoms with E-state index in [2.05, 4.69) is 21.8 Å². The number of pyridine rings is 1. The van der Waals surface area contributed by atoms with E-state index in [-0.39, 0.29) is 12.3 Å². The maximum atomic E-state index is 11.6. The first kappa shape index (κ1) is 26.2. The van der Waals surface area contributed by atoms with E-state index >= 15 is 0 Å². The van der Waals surface area contributed by atoms with Gasteiger partial charge in [-0.15, -0.1) is 6.42 Å². The number of phosphoric ester groups is 1. The summed E-state index contributed by atoms with van der Waals surface area (Å²) in [5.74, 6) is 2.86. The van der Waals surface area contributed by atoms with Crippen LogP contribution in [0.4, 0.5) is 5.82 Å². The summed E-state index contributed by atoms with van der Waals surface area (Å²) in [6.07, 6.45) is 7.82. The van der Waals surface area contributed by atoms with Crippen LogP contribution >= 0.6 is 7.82 Å². The summed E-state index contributed by atoms with van der Waals surface area (Å²) in [7, 11) is -4.66. The fourth-order valence-electron chi connectivity index (χ4n) is 4.27. The van der Waals surface area contributed by atoms with Gasteiger partial charge in [-0.2, -0.15) is 0 Å². The van der Waals surface area contributed by atoms with Gasteiger partial charge in [0.1, 0.15) is 17.1 Å². The van der Waals surface area contributed by atoms with Crippen LogP contribution in [0.1, 0.15) is 42.3 Å². The Labute approximate surface area is 214 Å².